The maximum atomic E-state index is 6.15. The zero-order chi connectivity index (χ0) is 34.3. The summed E-state index contributed by atoms with van der Waals surface area (Å²) in [4.78, 5) is 12.3. The summed E-state index contributed by atoms with van der Waals surface area (Å²) in [6.45, 7) is 9.36. The third-order valence-electron chi connectivity index (χ3n) is 9.51. The molecule has 0 bridgehead atoms. The van der Waals surface area contributed by atoms with Crippen molar-refractivity contribution in [3.8, 4) is 0 Å². The minimum atomic E-state index is 0.781. The highest BCUT2D eigenvalue weighted by atomic mass is 16.9. The highest BCUT2D eigenvalue weighted by Crippen LogP contribution is 2.17. The Hall–Kier alpha value is -1.20. The van der Waals surface area contributed by atoms with Crippen LogP contribution < -0.4 is 5.32 Å². The Bertz CT molecular complexity index is 690. The summed E-state index contributed by atoms with van der Waals surface area (Å²) in [7, 11) is 0. The summed E-state index contributed by atoms with van der Waals surface area (Å²) in [6.07, 6.45) is 54.5. The van der Waals surface area contributed by atoms with Gasteiger partial charge >= 0.3 is 0 Å². The fourth-order valence-corrected chi connectivity index (χ4v) is 6.36. The van der Waals surface area contributed by atoms with Crippen LogP contribution in [0.15, 0.2) is 48.6 Å². The molecule has 1 rings (SSSR count). The molecule has 1 aliphatic rings. The van der Waals surface area contributed by atoms with Gasteiger partial charge in [-0.25, -0.2) is 0 Å². The molecule has 280 valence electrons. The molecule has 0 aromatic carbocycles. The highest BCUT2D eigenvalue weighted by Gasteiger charge is 2.14. The van der Waals surface area contributed by atoms with Crippen molar-refractivity contribution in [2.24, 2.45) is 5.92 Å². The molecule has 0 aromatic rings. The fraction of sp³-hybridized carbons (Fsp3) is 0.818. The van der Waals surface area contributed by atoms with Gasteiger partial charge < -0.3 is 5.32 Å². The molecule has 1 unspecified atom stereocenters. The van der Waals surface area contributed by atoms with Gasteiger partial charge in [0, 0.05) is 0 Å². The summed E-state index contributed by atoms with van der Waals surface area (Å²) in [5.74, 6) is 0.820. The van der Waals surface area contributed by atoms with Gasteiger partial charge in [-0.05, 0) is 122 Å². The standard InChI is InChI=1S/C44H82N2O2/c1-3-5-7-9-11-13-15-17-19-21-23-25-27-29-31-33-41-47-46(40-36-38-44-37-35-39-45-43-44)48-42-34-32-30-28-26-24-22-20-18-16-14-12-10-8-6-4-2/h11-14,17-20,44-45H,3-10,15-16,21-43H2,1-2H3/b13-11-,14-12-,19-17-,20-18-. The van der Waals surface area contributed by atoms with Crippen LogP contribution in [0.4, 0.5) is 0 Å². The lowest BCUT2D eigenvalue weighted by atomic mass is 9.95. The van der Waals surface area contributed by atoms with E-state index < -0.39 is 0 Å². The molecule has 1 heterocycles. The molecule has 1 atom stereocenters. The van der Waals surface area contributed by atoms with E-state index in [0.717, 1.165) is 57.8 Å². The summed E-state index contributed by atoms with van der Waals surface area (Å²) in [6, 6.07) is 0. The molecule has 4 heteroatoms. The maximum Gasteiger partial charge on any atom is 0.0711 e. The largest absolute Gasteiger partial charge is 0.316 e. The predicted molar refractivity (Wildman–Crippen MR) is 212 cm³/mol. The molecule has 1 saturated heterocycles. The summed E-state index contributed by atoms with van der Waals surface area (Å²) in [5.41, 5.74) is 0. The number of allylic oxidation sites excluding steroid dienone is 8. The molecule has 0 saturated carbocycles. The van der Waals surface area contributed by atoms with Gasteiger partial charge in [-0.3, -0.25) is 9.68 Å². The average molecular weight is 671 g/mol. The van der Waals surface area contributed by atoms with Gasteiger partial charge in [-0.2, -0.15) is 0 Å². The van der Waals surface area contributed by atoms with E-state index in [1.807, 2.05) is 5.23 Å². The fourth-order valence-electron chi connectivity index (χ4n) is 6.36. The van der Waals surface area contributed by atoms with Crippen LogP contribution in [0.2, 0.25) is 0 Å². The first-order valence-corrected chi connectivity index (χ1v) is 21.2. The Labute approximate surface area is 300 Å². The first-order chi connectivity index (χ1) is 23.9. The smallest absolute Gasteiger partial charge is 0.0711 e. The Morgan fingerprint density at radius 3 is 1.40 bits per heavy atom. The van der Waals surface area contributed by atoms with Gasteiger partial charge in [0.2, 0.25) is 0 Å². The van der Waals surface area contributed by atoms with Crippen LogP contribution in [0.3, 0.4) is 0 Å². The van der Waals surface area contributed by atoms with E-state index in [1.54, 1.807) is 0 Å². The van der Waals surface area contributed by atoms with Gasteiger partial charge in [0.1, 0.15) is 0 Å². The van der Waals surface area contributed by atoms with E-state index >= 15 is 0 Å². The average Bonchev–Trinajstić information content (AvgIpc) is 3.11. The van der Waals surface area contributed by atoms with Gasteiger partial charge in [0.25, 0.3) is 0 Å². The molecule has 1 N–H and O–H groups in total. The second kappa shape index (κ2) is 38.6. The first-order valence-electron chi connectivity index (χ1n) is 21.2. The number of hydrogen-bond acceptors (Lipinski definition) is 4. The molecule has 1 aliphatic heterocycles. The molecular weight excluding hydrogens is 588 g/mol. The molecule has 0 aromatic heterocycles. The zero-order valence-corrected chi connectivity index (χ0v) is 32.3. The Morgan fingerprint density at radius 2 is 0.958 bits per heavy atom. The molecule has 0 radical (unpaired) electrons. The van der Waals surface area contributed by atoms with Crippen molar-refractivity contribution in [2.75, 3.05) is 32.8 Å². The number of nitrogens with one attached hydrogen (secondary N) is 1. The van der Waals surface area contributed by atoms with Gasteiger partial charge in [0.05, 0.1) is 19.8 Å². The molecule has 0 spiro atoms. The van der Waals surface area contributed by atoms with Crippen LogP contribution in [-0.2, 0) is 9.68 Å². The van der Waals surface area contributed by atoms with Crippen molar-refractivity contribution in [3.05, 3.63) is 48.6 Å². The molecule has 1 fully saturated rings. The van der Waals surface area contributed by atoms with Gasteiger partial charge in [-0.1, -0.05) is 145 Å². The lowest BCUT2D eigenvalue weighted by Gasteiger charge is -2.25. The summed E-state index contributed by atoms with van der Waals surface area (Å²) >= 11 is 0. The van der Waals surface area contributed by atoms with Crippen LogP contribution in [0.25, 0.3) is 0 Å². The van der Waals surface area contributed by atoms with Crippen LogP contribution in [0.5, 0.6) is 0 Å². The lowest BCUT2D eigenvalue weighted by molar-refractivity contribution is -0.369. The normalized spacial score (nSPS) is 15.9. The Balaban J connectivity index is 2.06. The van der Waals surface area contributed by atoms with Crippen molar-refractivity contribution in [3.63, 3.8) is 0 Å². The highest BCUT2D eigenvalue weighted by molar-refractivity contribution is 4.93. The molecule has 4 nitrogen and oxygen atoms in total. The Kier molecular flexibility index (Phi) is 36.0. The van der Waals surface area contributed by atoms with E-state index in [-0.39, 0.29) is 0 Å². The SMILES string of the molecule is CCCCC/C=C\C/C=C\CCCCCCCCON(CCCC1CCCNC1)OCCCCCCCC/C=C\C/C=C\CCCCC. The lowest BCUT2D eigenvalue weighted by Crippen LogP contribution is -2.31. The number of hydroxylamine groups is 2. The second-order valence-corrected chi connectivity index (χ2v) is 14.2. The van der Waals surface area contributed by atoms with Crippen LogP contribution in [0.1, 0.15) is 194 Å². The molecule has 0 amide bonds. The molecular formula is C44H82N2O2. The van der Waals surface area contributed by atoms with Gasteiger partial charge in [-0.15, -0.1) is 0 Å². The van der Waals surface area contributed by atoms with E-state index in [4.69, 9.17) is 9.68 Å². The first kappa shape index (κ1) is 44.8. The molecule has 48 heavy (non-hydrogen) atoms. The quantitative estimate of drug-likeness (QED) is 0.0409. The number of piperidine rings is 1. The van der Waals surface area contributed by atoms with E-state index in [2.05, 4.69) is 67.8 Å². The molecule has 0 aliphatic carbocycles. The van der Waals surface area contributed by atoms with E-state index in [0.29, 0.717) is 0 Å². The predicted octanol–water partition coefficient (Wildman–Crippen LogP) is 13.6. The summed E-state index contributed by atoms with van der Waals surface area (Å²) < 4.78 is 0. The summed E-state index contributed by atoms with van der Waals surface area (Å²) in [5, 5.41) is 5.40. The Morgan fingerprint density at radius 1 is 0.521 bits per heavy atom. The monoisotopic (exact) mass is 671 g/mol. The number of rotatable bonds is 36. The van der Waals surface area contributed by atoms with Crippen LogP contribution in [-0.4, -0.2) is 38.1 Å². The van der Waals surface area contributed by atoms with Crippen molar-refractivity contribution < 1.29 is 9.68 Å². The maximum absolute atomic E-state index is 6.15. The number of nitrogens with zero attached hydrogens (tertiary/aromatic N) is 1. The van der Waals surface area contributed by atoms with Crippen LogP contribution >= 0.6 is 0 Å². The van der Waals surface area contributed by atoms with Crippen molar-refractivity contribution in [1.29, 1.82) is 0 Å². The van der Waals surface area contributed by atoms with Crippen molar-refractivity contribution >= 4 is 0 Å². The third kappa shape index (κ3) is 33.3. The van der Waals surface area contributed by atoms with E-state index in [1.165, 1.54) is 161 Å². The number of unbranched alkanes of at least 4 members (excludes halogenated alkanes) is 18. The third-order valence-corrected chi connectivity index (χ3v) is 9.51. The minimum absolute atomic E-state index is 0.781. The zero-order valence-electron chi connectivity index (χ0n) is 32.3. The van der Waals surface area contributed by atoms with Crippen molar-refractivity contribution in [2.45, 2.75) is 194 Å². The number of hydrogen-bond donors (Lipinski definition) is 1. The topological polar surface area (TPSA) is 33.7 Å². The van der Waals surface area contributed by atoms with E-state index in [9.17, 15) is 0 Å². The minimum Gasteiger partial charge on any atom is -0.316 e. The van der Waals surface area contributed by atoms with Crippen molar-refractivity contribution in [1.82, 2.24) is 10.5 Å². The van der Waals surface area contributed by atoms with Crippen LogP contribution in [0, 0.1) is 5.92 Å². The van der Waals surface area contributed by atoms with Gasteiger partial charge in [0.15, 0.2) is 0 Å². The second-order valence-electron chi connectivity index (χ2n) is 14.2.